The summed E-state index contributed by atoms with van der Waals surface area (Å²) in [7, 11) is 0. The van der Waals surface area contributed by atoms with Gasteiger partial charge in [-0.3, -0.25) is 4.79 Å². The molecule has 1 saturated heterocycles. The van der Waals surface area contributed by atoms with E-state index in [4.69, 9.17) is 5.11 Å². The molecule has 2 fully saturated rings. The quantitative estimate of drug-likeness (QED) is 0.802. The Bertz CT molecular complexity index is 353. The molecule has 2 unspecified atom stereocenters. The standard InChI is InChI=1S/C14H24N2O3/c1-9(2)12-4-3-7-16(12)14(19)15-11(8-13(17)18)10-5-6-10/h9-12H,3-8H2,1-2H3,(H,15,19)(H,17,18). The van der Waals surface area contributed by atoms with Crippen LogP contribution in [0, 0.1) is 11.8 Å². The minimum Gasteiger partial charge on any atom is -0.481 e. The largest absolute Gasteiger partial charge is 0.481 e. The fraction of sp³-hybridized carbons (Fsp3) is 0.857. The fourth-order valence-electron chi connectivity index (χ4n) is 3.00. The van der Waals surface area contributed by atoms with E-state index in [1.807, 2.05) is 4.90 Å². The molecular formula is C14H24N2O3. The highest BCUT2D eigenvalue weighted by Crippen LogP contribution is 2.34. The van der Waals surface area contributed by atoms with E-state index in [2.05, 4.69) is 19.2 Å². The highest BCUT2D eigenvalue weighted by atomic mass is 16.4. The molecule has 19 heavy (non-hydrogen) atoms. The zero-order valence-electron chi connectivity index (χ0n) is 11.8. The molecule has 0 aromatic heterocycles. The van der Waals surface area contributed by atoms with Crippen LogP contribution in [0.15, 0.2) is 0 Å². The predicted molar refractivity (Wildman–Crippen MR) is 71.9 cm³/mol. The molecule has 2 atom stereocenters. The van der Waals surface area contributed by atoms with Crippen LogP contribution in [0.1, 0.15) is 46.0 Å². The van der Waals surface area contributed by atoms with E-state index in [0.29, 0.717) is 17.9 Å². The molecule has 0 aromatic rings. The third-order valence-corrected chi connectivity index (χ3v) is 4.22. The highest BCUT2D eigenvalue weighted by molar-refractivity contribution is 5.76. The number of aliphatic carboxylic acids is 1. The average Bonchev–Trinajstić information content (AvgIpc) is 3.03. The highest BCUT2D eigenvalue weighted by Gasteiger charge is 2.37. The van der Waals surface area contributed by atoms with Crippen molar-refractivity contribution in [3.8, 4) is 0 Å². The normalized spacial score (nSPS) is 24.6. The SMILES string of the molecule is CC(C)C1CCCN1C(=O)NC(CC(=O)O)C1CC1. The third-order valence-electron chi connectivity index (χ3n) is 4.22. The number of hydrogen-bond acceptors (Lipinski definition) is 2. The van der Waals surface area contributed by atoms with E-state index >= 15 is 0 Å². The van der Waals surface area contributed by atoms with Gasteiger partial charge in [-0.2, -0.15) is 0 Å². The lowest BCUT2D eigenvalue weighted by atomic mass is 10.0. The van der Waals surface area contributed by atoms with E-state index in [-0.39, 0.29) is 18.5 Å². The predicted octanol–water partition coefficient (Wildman–Crippen LogP) is 2.07. The van der Waals surface area contributed by atoms with Crippen LogP contribution in [-0.4, -0.2) is 40.6 Å². The number of amides is 2. The number of carboxylic acids is 1. The molecule has 2 N–H and O–H groups in total. The Labute approximate surface area is 114 Å². The van der Waals surface area contributed by atoms with Crippen molar-refractivity contribution in [2.45, 2.75) is 58.0 Å². The van der Waals surface area contributed by atoms with Gasteiger partial charge in [0.1, 0.15) is 0 Å². The Morgan fingerprint density at radius 1 is 1.32 bits per heavy atom. The van der Waals surface area contributed by atoms with Crippen molar-refractivity contribution in [2.24, 2.45) is 11.8 Å². The van der Waals surface area contributed by atoms with Crippen LogP contribution in [0.3, 0.4) is 0 Å². The lowest BCUT2D eigenvalue weighted by Crippen LogP contribution is -2.49. The molecule has 1 saturated carbocycles. The second-order valence-electron chi connectivity index (χ2n) is 6.14. The molecule has 108 valence electrons. The maximum atomic E-state index is 12.3. The summed E-state index contributed by atoms with van der Waals surface area (Å²) in [6.45, 7) is 5.05. The Morgan fingerprint density at radius 3 is 2.53 bits per heavy atom. The lowest BCUT2D eigenvalue weighted by molar-refractivity contribution is -0.137. The second kappa shape index (κ2) is 5.80. The molecular weight excluding hydrogens is 244 g/mol. The van der Waals surface area contributed by atoms with E-state index in [0.717, 1.165) is 32.2 Å². The molecule has 0 aromatic carbocycles. The second-order valence-corrected chi connectivity index (χ2v) is 6.14. The number of carboxylic acid groups (broad SMARTS) is 1. The lowest BCUT2D eigenvalue weighted by Gasteiger charge is -2.29. The van der Waals surface area contributed by atoms with Crippen molar-refractivity contribution in [3.05, 3.63) is 0 Å². The van der Waals surface area contributed by atoms with Gasteiger partial charge < -0.3 is 15.3 Å². The summed E-state index contributed by atoms with van der Waals surface area (Å²) < 4.78 is 0. The van der Waals surface area contributed by atoms with Crippen LogP contribution in [0.4, 0.5) is 4.79 Å². The average molecular weight is 268 g/mol. The van der Waals surface area contributed by atoms with Crippen molar-refractivity contribution in [2.75, 3.05) is 6.54 Å². The number of nitrogens with zero attached hydrogens (tertiary/aromatic N) is 1. The minimum absolute atomic E-state index is 0.0383. The van der Waals surface area contributed by atoms with Gasteiger partial charge in [0.2, 0.25) is 0 Å². The summed E-state index contributed by atoms with van der Waals surface area (Å²) in [4.78, 5) is 25.0. The van der Waals surface area contributed by atoms with Gasteiger partial charge in [0.05, 0.1) is 6.42 Å². The van der Waals surface area contributed by atoms with Gasteiger partial charge in [0.15, 0.2) is 0 Å². The molecule has 2 amide bonds. The Hall–Kier alpha value is -1.26. The van der Waals surface area contributed by atoms with E-state index in [1.54, 1.807) is 0 Å². The van der Waals surface area contributed by atoms with Crippen molar-refractivity contribution in [3.63, 3.8) is 0 Å². The first-order valence-electron chi connectivity index (χ1n) is 7.28. The summed E-state index contributed by atoms with van der Waals surface area (Å²) in [5, 5.41) is 11.9. The molecule has 0 bridgehead atoms. The molecule has 1 aliphatic carbocycles. The number of hydrogen-bond donors (Lipinski definition) is 2. The number of carbonyl (C=O) groups is 2. The summed E-state index contributed by atoms with van der Waals surface area (Å²) in [6, 6.07) is 0.0254. The molecule has 5 heteroatoms. The first-order valence-corrected chi connectivity index (χ1v) is 7.28. The van der Waals surface area contributed by atoms with Crippen molar-refractivity contribution in [1.29, 1.82) is 0 Å². The molecule has 2 aliphatic rings. The van der Waals surface area contributed by atoms with Gasteiger partial charge in [-0.1, -0.05) is 13.8 Å². The van der Waals surface area contributed by atoms with Gasteiger partial charge in [0.25, 0.3) is 0 Å². The zero-order valence-corrected chi connectivity index (χ0v) is 11.8. The topological polar surface area (TPSA) is 69.6 Å². The number of likely N-dealkylation sites (tertiary alicyclic amines) is 1. The number of carbonyl (C=O) groups excluding carboxylic acids is 1. The van der Waals surface area contributed by atoms with E-state index < -0.39 is 5.97 Å². The van der Waals surface area contributed by atoms with Crippen molar-refractivity contribution in [1.82, 2.24) is 10.2 Å². The molecule has 1 aliphatic heterocycles. The van der Waals surface area contributed by atoms with Gasteiger partial charge in [-0.05, 0) is 37.5 Å². The maximum Gasteiger partial charge on any atom is 0.317 e. The molecule has 0 radical (unpaired) electrons. The van der Waals surface area contributed by atoms with Crippen molar-refractivity contribution >= 4 is 12.0 Å². The maximum absolute atomic E-state index is 12.3. The van der Waals surface area contributed by atoms with Crippen molar-refractivity contribution < 1.29 is 14.7 Å². The van der Waals surface area contributed by atoms with Crippen LogP contribution in [0.5, 0.6) is 0 Å². The summed E-state index contributed by atoms with van der Waals surface area (Å²) in [5.41, 5.74) is 0. The summed E-state index contributed by atoms with van der Waals surface area (Å²) >= 11 is 0. The first kappa shape index (κ1) is 14.2. The number of nitrogens with one attached hydrogen (secondary N) is 1. The third kappa shape index (κ3) is 3.61. The van der Waals surface area contributed by atoms with Crippen LogP contribution in [0.25, 0.3) is 0 Å². The minimum atomic E-state index is -0.834. The van der Waals surface area contributed by atoms with Crippen LogP contribution >= 0.6 is 0 Å². The van der Waals surface area contributed by atoms with Crippen LogP contribution in [0.2, 0.25) is 0 Å². The number of rotatable bonds is 5. The van der Waals surface area contributed by atoms with Crippen LogP contribution < -0.4 is 5.32 Å². The molecule has 1 heterocycles. The smallest absolute Gasteiger partial charge is 0.317 e. The zero-order chi connectivity index (χ0) is 14.0. The van der Waals surface area contributed by atoms with Gasteiger partial charge in [-0.15, -0.1) is 0 Å². The van der Waals surface area contributed by atoms with E-state index in [9.17, 15) is 9.59 Å². The Morgan fingerprint density at radius 2 is 2.00 bits per heavy atom. The van der Waals surface area contributed by atoms with Gasteiger partial charge in [-0.25, -0.2) is 4.79 Å². The summed E-state index contributed by atoms with van der Waals surface area (Å²) in [6.07, 6.45) is 4.20. The molecule has 2 rings (SSSR count). The molecule has 0 spiro atoms. The molecule has 5 nitrogen and oxygen atoms in total. The Balaban J connectivity index is 1.93. The van der Waals surface area contributed by atoms with Crippen LogP contribution in [-0.2, 0) is 4.79 Å². The first-order chi connectivity index (χ1) is 8.99. The number of urea groups is 1. The van der Waals surface area contributed by atoms with E-state index in [1.165, 1.54) is 0 Å². The van der Waals surface area contributed by atoms with Gasteiger partial charge in [0, 0.05) is 18.6 Å². The monoisotopic (exact) mass is 268 g/mol. The Kier molecular flexibility index (Phi) is 4.32. The van der Waals surface area contributed by atoms with Gasteiger partial charge >= 0.3 is 12.0 Å². The fourth-order valence-corrected chi connectivity index (χ4v) is 3.00. The summed E-state index contributed by atoms with van der Waals surface area (Å²) in [5.74, 6) is -0.0220.